The summed E-state index contributed by atoms with van der Waals surface area (Å²) in [5, 5.41) is 0. The Morgan fingerprint density at radius 2 is 1.17 bits per heavy atom. The minimum absolute atomic E-state index is 1.32. The molecule has 2 heteroatoms. The molecule has 0 radical (unpaired) electrons. The van der Waals surface area contributed by atoms with E-state index in [4.69, 9.17) is 0 Å². The van der Waals surface area contributed by atoms with E-state index in [1.807, 2.05) is 0 Å². The van der Waals surface area contributed by atoms with Gasteiger partial charge in [-0.2, -0.15) is 0 Å². The van der Waals surface area contributed by atoms with Crippen LogP contribution in [0, 0.1) is 0 Å². The molecule has 2 nitrogen and oxygen atoms in total. The van der Waals surface area contributed by atoms with Crippen molar-refractivity contribution in [3.63, 3.8) is 0 Å². The van der Waals surface area contributed by atoms with Crippen molar-refractivity contribution in [1.82, 2.24) is 0 Å². The summed E-state index contributed by atoms with van der Waals surface area (Å²) in [4.78, 5) is 0. The third-order valence-electron chi connectivity index (χ3n) is 5.11. The maximum absolute atomic E-state index is 2.41. The third kappa shape index (κ3) is 5.27. The van der Waals surface area contributed by atoms with Gasteiger partial charge in [-0.25, -0.2) is 0 Å². The molecule has 2 heterocycles. The molecule has 0 unspecified atom stereocenters. The molecular weight excluding hydrogens is 220 g/mol. The maximum Gasteiger partial charge on any atom is 0.0786 e. The van der Waals surface area contributed by atoms with E-state index in [0.29, 0.717) is 0 Å². The van der Waals surface area contributed by atoms with Gasteiger partial charge in [0.05, 0.1) is 53.4 Å². The molecule has 2 saturated heterocycles. The van der Waals surface area contributed by atoms with Crippen molar-refractivity contribution in [3.8, 4) is 0 Å². The summed E-state index contributed by atoms with van der Waals surface area (Å²) in [6.07, 6.45) is 8.58. The van der Waals surface area contributed by atoms with Crippen LogP contribution >= 0.6 is 0 Å². The van der Waals surface area contributed by atoms with Gasteiger partial charge in [0.2, 0.25) is 0 Å². The van der Waals surface area contributed by atoms with Gasteiger partial charge >= 0.3 is 0 Å². The van der Waals surface area contributed by atoms with Crippen LogP contribution < -0.4 is 0 Å². The van der Waals surface area contributed by atoms with Gasteiger partial charge in [0, 0.05) is 25.7 Å². The molecule has 0 amide bonds. The SMILES string of the molecule is CCCC[N+]1(C)CCCC1.CC[N+]1(C)CCCC1. The first kappa shape index (κ1) is 16.0. The predicted octanol–water partition coefficient (Wildman–Crippen LogP) is 3.27. The molecule has 0 aromatic heterocycles. The molecular formula is C16H36N2+2. The van der Waals surface area contributed by atoms with Gasteiger partial charge in [-0.15, -0.1) is 0 Å². The second-order valence-corrected chi connectivity index (χ2v) is 6.94. The van der Waals surface area contributed by atoms with Crippen molar-refractivity contribution in [2.24, 2.45) is 0 Å². The van der Waals surface area contributed by atoms with Gasteiger partial charge in [-0.3, -0.25) is 0 Å². The number of hydrogen-bond acceptors (Lipinski definition) is 0. The minimum Gasteiger partial charge on any atom is -0.326 e. The van der Waals surface area contributed by atoms with Crippen LogP contribution in [0.25, 0.3) is 0 Å². The normalized spacial score (nSPS) is 24.7. The Morgan fingerprint density at radius 3 is 1.50 bits per heavy atom. The molecule has 108 valence electrons. The Hall–Kier alpha value is -0.0800. The second kappa shape index (κ2) is 7.49. The molecule has 2 fully saturated rings. The lowest BCUT2D eigenvalue weighted by Gasteiger charge is -2.28. The van der Waals surface area contributed by atoms with Crippen molar-refractivity contribution in [2.45, 2.75) is 52.4 Å². The Labute approximate surface area is 115 Å². The predicted molar refractivity (Wildman–Crippen MR) is 80.6 cm³/mol. The van der Waals surface area contributed by atoms with E-state index in [-0.39, 0.29) is 0 Å². The molecule has 0 aromatic rings. The van der Waals surface area contributed by atoms with E-state index in [1.54, 1.807) is 0 Å². The fraction of sp³-hybridized carbons (Fsp3) is 1.00. The van der Waals surface area contributed by atoms with Crippen LogP contribution in [0.5, 0.6) is 0 Å². The van der Waals surface area contributed by atoms with Crippen molar-refractivity contribution < 1.29 is 8.97 Å². The first-order valence-electron chi connectivity index (χ1n) is 8.21. The molecule has 2 rings (SSSR count). The van der Waals surface area contributed by atoms with Crippen molar-refractivity contribution in [2.75, 3.05) is 53.4 Å². The molecule has 0 saturated carbocycles. The monoisotopic (exact) mass is 256 g/mol. The molecule has 2 aliphatic rings. The highest BCUT2D eigenvalue weighted by atomic mass is 15.3. The van der Waals surface area contributed by atoms with Gasteiger partial charge in [0.15, 0.2) is 0 Å². The van der Waals surface area contributed by atoms with Gasteiger partial charge in [0.1, 0.15) is 0 Å². The van der Waals surface area contributed by atoms with Gasteiger partial charge in [-0.05, 0) is 13.3 Å². The number of nitrogens with zero attached hydrogens (tertiary/aromatic N) is 2. The first-order valence-corrected chi connectivity index (χ1v) is 8.21. The summed E-state index contributed by atoms with van der Waals surface area (Å²) in [6, 6.07) is 0. The lowest BCUT2D eigenvalue weighted by molar-refractivity contribution is -0.897. The molecule has 0 N–H and O–H groups in total. The second-order valence-electron chi connectivity index (χ2n) is 6.94. The smallest absolute Gasteiger partial charge is 0.0786 e. The fourth-order valence-corrected chi connectivity index (χ4v) is 3.28. The summed E-state index contributed by atoms with van der Waals surface area (Å²) in [6.45, 7) is 13.0. The first-order chi connectivity index (χ1) is 8.54. The molecule has 0 bridgehead atoms. The molecule has 0 spiro atoms. The Morgan fingerprint density at radius 1 is 0.722 bits per heavy atom. The van der Waals surface area contributed by atoms with Crippen molar-refractivity contribution >= 4 is 0 Å². The van der Waals surface area contributed by atoms with Gasteiger partial charge < -0.3 is 8.97 Å². The average Bonchev–Trinajstić information content (AvgIpc) is 2.98. The van der Waals surface area contributed by atoms with Crippen LogP contribution in [0.3, 0.4) is 0 Å². The molecule has 0 atom stereocenters. The summed E-state index contributed by atoms with van der Waals surface area (Å²) >= 11 is 0. The van der Waals surface area contributed by atoms with E-state index >= 15 is 0 Å². The maximum atomic E-state index is 2.41. The third-order valence-corrected chi connectivity index (χ3v) is 5.11. The highest BCUT2D eigenvalue weighted by molar-refractivity contribution is 4.51. The zero-order valence-corrected chi connectivity index (χ0v) is 13.4. The number of hydrogen-bond donors (Lipinski definition) is 0. The summed E-state index contributed by atoms with van der Waals surface area (Å²) in [5.74, 6) is 0. The number of rotatable bonds is 4. The van der Waals surface area contributed by atoms with Crippen LogP contribution in [0.2, 0.25) is 0 Å². The molecule has 0 aliphatic carbocycles. The van der Waals surface area contributed by atoms with E-state index in [2.05, 4.69) is 27.9 Å². The van der Waals surface area contributed by atoms with Crippen LogP contribution in [0.1, 0.15) is 52.4 Å². The Kier molecular flexibility index (Phi) is 6.65. The van der Waals surface area contributed by atoms with Crippen LogP contribution in [0.15, 0.2) is 0 Å². The number of likely N-dealkylation sites (tertiary alicyclic amines) is 2. The van der Waals surface area contributed by atoms with E-state index in [1.165, 1.54) is 86.8 Å². The van der Waals surface area contributed by atoms with Crippen molar-refractivity contribution in [3.05, 3.63) is 0 Å². The van der Waals surface area contributed by atoms with Crippen LogP contribution in [0.4, 0.5) is 0 Å². The average molecular weight is 256 g/mol. The fourth-order valence-electron chi connectivity index (χ4n) is 3.28. The zero-order chi connectivity index (χ0) is 13.5. The largest absolute Gasteiger partial charge is 0.326 e. The highest BCUT2D eigenvalue weighted by Gasteiger charge is 2.25. The van der Waals surface area contributed by atoms with Gasteiger partial charge in [0.25, 0.3) is 0 Å². The molecule has 2 aliphatic heterocycles. The highest BCUT2D eigenvalue weighted by Crippen LogP contribution is 2.16. The van der Waals surface area contributed by atoms with Crippen LogP contribution in [-0.2, 0) is 0 Å². The zero-order valence-electron chi connectivity index (χ0n) is 13.4. The van der Waals surface area contributed by atoms with Crippen molar-refractivity contribution in [1.29, 1.82) is 0 Å². The van der Waals surface area contributed by atoms with E-state index in [9.17, 15) is 0 Å². The van der Waals surface area contributed by atoms with Crippen LogP contribution in [-0.4, -0.2) is 62.3 Å². The quantitative estimate of drug-likeness (QED) is 0.677. The molecule has 18 heavy (non-hydrogen) atoms. The number of unbranched alkanes of at least 4 members (excludes halogenated alkanes) is 1. The van der Waals surface area contributed by atoms with E-state index < -0.39 is 0 Å². The standard InChI is InChI=1S/C9H20N.C7H16N/c1-3-4-7-10(2)8-5-6-9-10;1-3-8(2)6-4-5-7-8/h3-9H2,1-2H3;3-7H2,1-2H3/q2*+1. The Balaban J connectivity index is 0.000000184. The molecule has 0 aromatic carbocycles. The van der Waals surface area contributed by atoms with E-state index in [0.717, 1.165) is 0 Å². The topological polar surface area (TPSA) is 0 Å². The van der Waals surface area contributed by atoms with Gasteiger partial charge in [-0.1, -0.05) is 13.3 Å². The lowest BCUT2D eigenvalue weighted by atomic mass is 10.3. The Bertz CT molecular complexity index is 213. The summed E-state index contributed by atoms with van der Waals surface area (Å²) in [5.41, 5.74) is 0. The summed E-state index contributed by atoms with van der Waals surface area (Å²) in [7, 11) is 4.76. The number of quaternary nitrogens is 2. The lowest BCUT2D eigenvalue weighted by Crippen LogP contribution is -2.41. The summed E-state index contributed by atoms with van der Waals surface area (Å²) < 4.78 is 2.67. The minimum atomic E-state index is 1.32.